The standard InChI is InChI=1S/C18H24O7/c1-12(2)15(19)22-8-9-23-17(21)18(3)7-5-4-6-14(18)16(20)25-11-13-10-24-13/h5,7,13-14H,1,4,6,8-11H2,2-3H3. The summed E-state index contributed by atoms with van der Waals surface area (Å²) in [5, 5.41) is 0. The highest BCUT2D eigenvalue weighted by molar-refractivity contribution is 5.88. The Bertz CT molecular complexity index is 576. The van der Waals surface area contributed by atoms with Crippen molar-refractivity contribution in [3.05, 3.63) is 24.3 Å². The van der Waals surface area contributed by atoms with Gasteiger partial charge in [0.25, 0.3) is 0 Å². The van der Waals surface area contributed by atoms with E-state index in [0.29, 0.717) is 19.4 Å². The third-order valence-corrected chi connectivity index (χ3v) is 4.25. The quantitative estimate of drug-likeness (QED) is 0.163. The molecule has 138 valence electrons. The van der Waals surface area contributed by atoms with Gasteiger partial charge in [0.2, 0.25) is 0 Å². The van der Waals surface area contributed by atoms with Crippen LogP contribution in [0.2, 0.25) is 0 Å². The smallest absolute Gasteiger partial charge is 0.333 e. The topological polar surface area (TPSA) is 91.4 Å². The van der Waals surface area contributed by atoms with Gasteiger partial charge in [0.1, 0.15) is 25.9 Å². The summed E-state index contributed by atoms with van der Waals surface area (Å²) >= 11 is 0. The Morgan fingerprint density at radius 2 is 1.92 bits per heavy atom. The minimum atomic E-state index is -1.10. The van der Waals surface area contributed by atoms with Gasteiger partial charge in [-0.25, -0.2) is 4.79 Å². The van der Waals surface area contributed by atoms with Gasteiger partial charge in [0.05, 0.1) is 17.9 Å². The average Bonchev–Trinajstić information content (AvgIpc) is 3.40. The Morgan fingerprint density at radius 1 is 1.24 bits per heavy atom. The molecular formula is C18H24O7. The van der Waals surface area contributed by atoms with Crippen LogP contribution < -0.4 is 0 Å². The Morgan fingerprint density at radius 3 is 2.56 bits per heavy atom. The highest BCUT2D eigenvalue weighted by atomic mass is 16.6. The first-order valence-corrected chi connectivity index (χ1v) is 8.30. The van der Waals surface area contributed by atoms with Gasteiger partial charge >= 0.3 is 17.9 Å². The maximum atomic E-state index is 12.5. The highest BCUT2D eigenvalue weighted by Gasteiger charge is 2.47. The van der Waals surface area contributed by atoms with E-state index in [9.17, 15) is 14.4 Å². The van der Waals surface area contributed by atoms with Crippen LogP contribution in [0.4, 0.5) is 0 Å². The Hall–Kier alpha value is -2.15. The Balaban J connectivity index is 1.87. The van der Waals surface area contributed by atoms with E-state index in [1.54, 1.807) is 13.0 Å². The van der Waals surface area contributed by atoms with Crippen molar-refractivity contribution in [2.75, 3.05) is 26.4 Å². The second-order valence-electron chi connectivity index (χ2n) is 6.45. The molecule has 1 fully saturated rings. The van der Waals surface area contributed by atoms with Crippen molar-refractivity contribution in [2.45, 2.75) is 32.8 Å². The number of hydrogen-bond acceptors (Lipinski definition) is 7. The molecule has 0 aromatic carbocycles. The fourth-order valence-electron chi connectivity index (χ4n) is 2.57. The lowest BCUT2D eigenvalue weighted by Crippen LogP contribution is -2.42. The Labute approximate surface area is 146 Å². The van der Waals surface area contributed by atoms with E-state index < -0.39 is 29.2 Å². The lowest BCUT2D eigenvalue weighted by molar-refractivity contribution is -0.167. The molecule has 0 radical (unpaired) electrons. The van der Waals surface area contributed by atoms with Crippen molar-refractivity contribution >= 4 is 17.9 Å². The number of ether oxygens (including phenoxy) is 4. The van der Waals surface area contributed by atoms with E-state index in [1.165, 1.54) is 6.92 Å². The van der Waals surface area contributed by atoms with Gasteiger partial charge in [0, 0.05) is 5.57 Å². The Kier molecular flexibility index (Phi) is 6.36. The van der Waals surface area contributed by atoms with Crippen molar-refractivity contribution in [3.63, 3.8) is 0 Å². The van der Waals surface area contributed by atoms with E-state index in [2.05, 4.69) is 6.58 Å². The summed E-state index contributed by atoms with van der Waals surface area (Å²) in [5.41, 5.74) is -0.825. The molecule has 0 N–H and O–H groups in total. The molecule has 0 aromatic heterocycles. The first-order chi connectivity index (χ1) is 11.8. The van der Waals surface area contributed by atoms with E-state index in [4.69, 9.17) is 18.9 Å². The maximum absolute atomic E-state index is 12.5. The van der Waals surface area contributed by atoms with Gasteiger partial charge in [-0.05, 0) is 26.7 Å². The van der Waals surface area contributed by atoms with Crippen molar-refractivity contribution in [2.24, 2.45) is 11.3 Å². The normalized spacial score (nSPS) is 27.3. The molecular weight excluding hydrogens is 328 g/mol. The summed E-state index contributed by atoms with van der Waals surface area (Å²) in [5.74, 6) is -2.11. The highest BCUT2D eigenvalue weighted by Crippen LogP contribution is 2.38. The number of hydrogen-bond donors (Lipinski definition) is 0. The molecule has 25 heavy (non-hydrogen) atoms. The first kappa shape index (κ1) is 19.2. The molecule has 7 nitrogen and oxygen atoms in total. The van der Waals surface area contributed by atoms with E-state index in [1.807, 2.05) is 6.08 Å². The number of esters is 3. The molecule has 1 aliphatic carbocycles. The van der Waals surface area contributed by atoms with Crippen LogP contribution in [0.5, 0.6) is 0 Å². The minimum Gasteiger partial charge on any atom is -0.463 e. The van der Waals surface area contributed by atoms with E-state index in [-0.39, 0.29) is 31.5 Å². The number of carbonyl (C=O) groups is 3. The molecule has 2 aliphatic rings. The predicted octanol–water partition coefficient (Wildman–Crippen LogP) is 1.56. The second-order valence-corrected chi connectivity index (χ2v) is 6.45. The third kappa shape index (κ3) is 5.16. The van der Waals surface area contributed by atoms with Gasteiger partial charge in [-0.2, -0.15) is 0 Å². The molecule has 1 heterocycles. The SMILES string of the molecule is C=C(C)C(=O)OCCOC(=O)C1(C)C=CCCC1C(=O)OCC1CO1. The molecule has 0 bridgehead atoms. The van der Waals surface area contributed by atoms with Gasteiger partial charge in [-0.15, -0.1) is 0 Å². The molecule has 0 amide bonds. The van der Waals surface area contributed by atoms with E-state index >= 15 is 0 Å². The molecule has 0 spiro atoms. The number of rotatable bonds is 8. The molecule has 0 saturated carbocycles. The lowest BCUT2D eigenvalue weighted by atomic mass is 9.71. The van der Waals surface area contributed by atoms with Gasteiger partial charge in [-0.3, -0.25) is 9.59 Å². The molecule has 3 unspecified atom stereocenters. The van der Waals surface area contributed by atoms with Crippen LogP contribution in [0, 0.1) is 11.3 Å². The molecule has 2 rings (SSSR count). The van der Waals surface area contributed by atoms with Crippen LogP contribution >= 0.6 is 0 Å². The number of carbonyl (C=O) groups excluding carboxylic acids is 3. The van der Waals surface area contributed by atoms with Crippen molar-refractivity contribution in [3.8, 4) is 0 Å². The van der Waals surface area contributed by atoms with Crippen LogP contribution in [0.25, 0.3) is 0 Å². The molecule has 3 atom stereocenters. The van der Waals surface area contributed by atoms with Gasteiger partial charge < -0.3 is 18.9 Å². The first-order valence-electron chi connectivity index (χ1n) is 8.30. The van der Waals surface area contributed by atoms with Crippen LogP contribution in [-0.4, -0.2) is 50.4 Å². The maximum Gasteiger partial charge on any atom is 0.333 e. The zero-order chi connectivity index (χ0) is 18.4. The molecule has 7 heteroatoms. The van der Waals surface area contributed by atoms with Crippen molar-refractivity contribution < 1.29 is 33.3 Å². The van der Waals surface area contributed by atoms with Crippen LogP contribution in [0.15, 0.2) is 24.3 Å². The van der Waals surface area contributed by atoms with Crippen LogP contribution in [0.3, 0.4) is 0 Å². The molecule has 1 aliphatic heterocycles. The van der Waals surface area contributed by atoms with Gasteiger partial charge in [0.15, 0.2) is 0 Å². The number of epoxide rings is 1. The second kappa shape index (κ2) is 8.29. The summed E-state index contributed by atoms with van der Waals surface area (Å²) in [6.07, 6.45) is 4.73. The fraction of sp³-hybridized carbons (Fsp3) is 0.611. The molecule has 0 aromatic rings. The summed E-state index contributed by atoms with van der Waals surface area (Å²) in [6, 6.07) is 0. The lowest BCUT2D eigenvalue weighted by Gasteiger charge is -2.33. The summed E-state index contributed by atoms with van der Waals surface area (Å²) in [4.78, 5) is 36.1. The van der Waals surface area contributed by atoms with Crippen molar-refractivity contribution in [1.82, 2.24) is 0 Å². The van der Waals surface area contributed by atoms with Gasteiger partial charge in [-0.1, -0.05) is 18.7 Å². The third-order valence-electron chi connectivity index (χ3n) is 4.25. The number of allylic oxidation sites excluding steroid dienone is 1. The largest absolute Gasteiger partial charge is 0.463 e. The van der Waals surface area contributed by atoms with Crippen LogP contribution in [0.1, 0.15) is 26.7 Å². The monoisotopic (exact) mass is 352 g/mol. The summed E-state index contributed by atoms with van der Waals surface area (Å²) < 4.78 is 20.4. The van der Waals surface area contributed by atoms with Crippen molar-refractivity contribution in [1.29, 1.82) is 0 Å². The summed E-state index contributed by atoms with van der Waals surface area (Å²) in [7, 11) is 0. The minimum absolute atomic E-state index is 0.0238. The fourth-order valence-corrected chi connectivity index (χ4v) is 2.57. The van der Waals surface area contributed by atoms with E-state index in [0.717, 1.165) is 0 Å². The summed E-state index contributed by atoms with van der Waals surface area (Å²) in [6.45, 7) is 7.31. The zero-order valence-electron chi connectivity index (χ0n) is 14.6. The molecule has 1 saturated heterocycles. The zero-order valence-corrected chi connectivity index (χ0v) is 14.6. The predicted molar refractivity (Wildman–Crippen MR) is 87.4 cm³/mol. The van der Waals surface area contributed by atoms with Crippen LogP contribution in [-0.2, 0) is 33.3 Å². The average molecular weight is 352 g/mol.